The van der Waals surface area contributed by atoms with Crippen molar-refractivity contribution in [2.75, 3.05) is 7.11 Å². The Balaban J connectivity index is 2.63. The quantitative estimate of drug-likeness (QED) is 0.788. The lowest BCUT2D eigenvalue weighted by molar-refractivity contribution is -0.141. The van der Waals surface area contributed by atoms with Crippen LogP contribution in [-0.4, -0.2) is 19.1 Å². The van der Waals surface area contributed by atoms with Crippen molar-refractivity contribution >= 4 is 5.97 Å². The van der Waals surface area contributed by atoms with Crippen molar-refractivity contribution in [3.63, 3.8) is 0 Å². The zero-order chi connectivity index (χ0) is 13.5. The van der Waals surface area contributed by atoms with Crippen LogP contribution in [0, 0.1) is 5.92 Å². The van der Waals surface area contributed by atoms with Gasteiger partial charge in [0.15, 0.2) is 0 Å². The molecule has 0 aliphatic rings. The van der Waals surface area contributed by atoms with Crippen LogP contribution in [0.4, 0.5) is 0 Å². The first kappa shape index (κ1) is 14.7. The van der Waals surface area contributed by atoms with Gasteiger partial charge in [0.1, 0.15) is 0 Å². The lowest BCUT2D eigenvalue weighted by atomic mass is 9.98. The monoisotopic (exact) mass is 249 g/mol. The highest BCUT2D eigenvalue weighted by Gasteiger charge is 2.20. The molecule has 0 aliphatic heterocycles. The molecule has 1 aromatic rings. The predicted molar refractivity (Wildman–Crippen MR) is 73.3 cm³/mol. The summed E-state index contributed by atoms with van der Waals surface area (Å²) in [6.07, 6.45) is 0.408. The zero-order valence-corrected chi connectivity index (χ0v) is 11.6. The largest absolute Gasteiger partial charge is 0.469 e. The van der Waals surface area contributed by atoms with E-state index in [-0.39, 0.29) is 18.1 Å². The number of carbonyl (C=O) groups excluding carboxylic acids is 1. The van der Waals surface area contributed by atoms with E-state index in [0.717, 1.165) is 0 Å². The van der Waals surface area contributed by atoms with Crippen molar-refractivity contribution in [1.29, 1.82) is 0 Å². The molecule has 0 aliphatic carbocycles. The van der Waals surface area contributed by atoms with Gasteiger partial charge in [-0.05, 0) is 18.4 Å². The Hall–Kier alpha value is -1.35. The molecule has 3 nitrogen and oxygen atoms in total. The molecule has 18 heavy (non-hydrogen) atoms. The Morgan fingerprint density at radius 3 is 2.33 bits per heavy atom. The van der Waals surface area contributed by atoms with Crippen LogP contribution >= 0.6 is 0 Å². The Morgan fingerprint density at radius 1 is 1.22 bits per heavy atom. The Bertz CT molecular complexity index is 362. The van der Waals surface area contributed by atoms with E-state index in [9.17, 15) is 4.79 Å². The van der Waals surface area contributed by atoms with Crippen LogP contribution in [0.1, 0.15) is 38.8 Å². The molecular weight excluding hydrogens is 226 g/mol. The van der Waals surface area contributed by atoms with Gasteiger partial charge in [0.05, 0.1) is 13.5 Å². The summed E-state index contributed by atoms with van der Waals surface area (Å²) in [5.41, 5.74) is 1.23. The fourth-order valence-corrected chi connectivity index (χ4v) is 1.91. The summed E-state index contributed by atoms with van der Waals surface area (Å²) in [5.74, 6) is 0.219. The molecule has 1 aromatic carbocycles. The highest BCUT2D eigenvalue weighted by Crippen LogP contribution is 2.16. The summed E-state index contributed by atoms with van der Waals surface area (Å²) >= 11 is 0. The highest BCUT2D eigenvalue weighted by atomic mass is 16.5. The van der Waals surface area contributed by atoms with Gasteiger partial charge in [-0.2, -0.15) is 0 Å². The first-order chi connectivity index (χ1) is 8.54. The van der Waals surface area contributed by atoms with Crippen molar-refractivity contribution in [2.24, 2.45) is 5.92 Å². The molecule has 0 saturated carbocycles. The maximum absolute atomic E-state index is 11.4. The SMILES string of the molecule is COC(=O)C[C@@H](NC(C)c1ccccc1)C(C)C. The van der Waals surface area contributed by atoms with E-state index in [0.29, 0.717) is 12.3 Å². The number of rotatable bonds is 6. The Morgan fingerprint density at radius 2 is 1.83 bits per heavy atom. The molecule has 2 atom stereocenters. The third kappa shape index (κ3) is 4.49. The minimum absolute atomic E-state index is 0.132. The third-order valence-corrected chi connectivity index (χ3v) is 3.18. The second-order valence-electron chi connectivity index (χ2n) is 4.93. The molecule has 0 fully saturated rings. The molecule has 1 N–H and O–H groups in total. The number of nitrogens with one attached hydrogen (secondary N) is 1. The lowest BCUT2D eigenvalue weighted by Gasteiger charge is -2.26. The van der Waals surface area contributed by atoms with Gasteiger partial charge in [-0.15, -0.1) is 0 Å². The predicted octanol–water partition coefficient (Wildman–Crippen LogP) is 2.92. The molecule has 0 saturated heterocycles. The Labute approximate surface area is 110 Å². The van der Waals surface area contributed by atoms with Gasteiger partial charge in [-0.3, -0.25) is 4.79 Å². The van der Waals surface area contributed by atoms with Gasteiger partial charge in [0.2, 0.25) is 0 Å². The summed E-state index contributed by atoms with van der Waals surface area (Å²) < 4.78 is 4.74. The number of hydrogen-bond donors (Lipinski definition) is 1. The molecule has 0 amide bonds. The van der Waals surface area contributed by atoms with Crippen molar-refractivity contribution < 1.29 is 9.53 Å². The Kier molecular flexibility index (Phi) is 5.86. The fraction of sp³-hybridized carbons (Fsp3) is 0.533. The molecule has 3 heteroatoms. The average molecular weight is 249 g/mol. The van der Waals surface area contributed by atoms with E-state index in [1.807, 2.05) is 18.2 Å². The van der Waals surface area contributed by atoms with Crippen molar-refractivity contribution in [3.8, 4) is 0 Å². The van der Waals surface area contributed by atoms with E-state index in [2.05, 4.69) is 38.2 Å². The van der Waals surface area contributed by atoms with Crippen LogP contribution < -0.4 is 5.32 Å². The maximum atomic E-state index is 11.4. The first-order valence-corrected chi connectivity index (χ1v) is 6.42. The molecule has 1 rings (SSSR count). The molecule has 0 heterocycles. The van der Waals surface area contributed by atoms with E-state index in [4.69, 9.17) is 4.74 Å². The standard InChI is InChI=1S/C15H23NO2/c1-11(2)14(10-15(17)18-4)16-12(3)13-8-6-5-7-9-13/h5-9,11-12,14,16H,10H2,1-4H3/t12?,14-/m1/s1. The minimum atomic E-state index is -0.165. The molecule has 100 valence electrons. The number of hydrogen-bond acceptors (Lipinski definition) is 3. The molecular formula is C15H23NO2. The van der Waals surface area contributed by atoms with Crippen LogP contribution in [0.25, 0.3) is 0 Å². The van der Waals surface area contributed by atoms with Gasteiger partial charge in [-0.1, -0.05) is 44.2 Å². The number of methoxy groups -OCH3 is 1. The van der Waals surface area contributed by atoms with Crippen molar-refractivity contribution in [3.05, 3.63) is 35.9 Å². The van der Waals surface area contributed by atoms with E-state index in [1.54, 1.807) is 0 Å². The first-order valence-electron chi connectivity index (χ1n) is 6.42. The second kappa shape index (κ2) is 7.17. The van der Waals surface area contributed by atoms with Crippen LogP contribution in [0.2, 0.25) is 0 Å². The third-order valence-electron chi connectivity index (χ3n) is 3.18. The summed E-state index contributed by atoms with van der Waals surface area (Å²) in [4.78, 5) is 11.4. The second-order valence-corrected chi connectivity index (χ2v) is 4.93. The minimum Gasteiger partial charge on any atom is -0.469 e. The van der Waals surface area contributed by atoms with Gasteiger partial charge in [0.25, 0.3) is 0 Å². The van der Waals surface area contributed by atoms with Crippen LogP contribution in [0.5, 0.6) is 0 Å². The topological polar surface area (TPSA) is 38.3 Å². The van der Waals surface area contributed by atoms with Gasteiger partial charge < -0.3 is 10.1 Å². The number of esters is 1. The van der Waals surface area contributed by atoms with Crippen LogP contribution in [-0.2, 0) is 9.53 Å². The molecule has 0 radical (unpaired) electrons. The molecule has 0 bridgehead atoms. The molecule has 1 unspecified atom stereocenters. The highest BCUT2D eigenvalue weighted by molar-refractivity contribution is 5.69. The molecule has 0 aromatic heterocycles. The van der Waals surface area contributed by atoms with Gasteiger partial charge in [0, 0.05) is 12.1 Å². The smallest absolute Gasteiger partial charge is 0.307 e. The van der Waals surface area contributed by atoms with Gasteiger partial charge >= 0.3 is 5.97 Å². The maximum Gasteiger partial charge on any atom is 0.307 e. The average Bonchev–Trinajstić information content (AvgIpc) is 2.38. The normalized spacial score (nSPS) is 14.3. The van der Waals surface area contributed by atoms with E-state index >= 15 is 0 Å². The van der Waals surface area contributed by atoms with Crippen molar-refractivity contribution in [1.82, 2.24) is 5.32 Å². The number of benzene rings is 1. The molecule has 0 spiro atoms. The number of carbonyl (C=O) groups is 1. The lowest BCUT2D eigenvalue weighted by Crippen LogP contribution is -2.37. The van der Waals surface area contributed by atoms with E-state index < -0.39 is 0 Å². The number of ether oxygens (including phenoxy) is 1. The zero-order valence-electron chi connectivity index (χ0n) is 11.6. The van der Waals surface area contributed by atoms with Crippen molar-refractivity contribution in [2.45, 2.75) is 39.3 Å². The summed E-state index contributed by atoms with van der Waals surface area (Å²) in [7, 11) is 1.43. The summed E-state index contributed by atoms with van der Waals surface area (Å²) in [6.45, 7) is 6.33. The van der Waals surface area contributed by atoms with Gasteiger partial charge in [-0.25, -0.2) is 0 Å². The fourth-order valence-electron chi connectivity index (χ4n) is 1.91. The summed E-state index contributed by atoms with van der Waals surface area (Å²) in [5, 5.41) is 3.50. The summed E-state index contributed by atoms with van der Waals surface area (Å²) in [6, 6.07) is 10.6. The van der Waals surface area contributed by atoms with Crippen LogP contribution in [0.15, 0.2) is 30.3 Å². The van der Waals surface area contributed by atoms with E-state index in [1.165, 1.54) is 12.7 Å². The van der Waals surface area contributed by atoms with Crippen LogP contribution in [0.3, 0.4) is 0 Å².